The van der Waals surface area contributed by atoms with Crippen molar-refractivity contribution in [2.45, 2.75) is 19.5 Å². The number of amides is 2. The summed E-state index contributed by atoms with van der Waals surface area (Å²) in [6.07, 6.45) is 0. The van der Waals surface area contributed by atoms with Gasteiger partial charge in [0.05, 0.1) is 14.2 Å². The molecule has 0 radical (unpaired) electrons. The minimum atomic E-state index is -0.712. The average molecular weight is 370 g/mol. The average Bonchev–Trinajstić information content (AvgIpc) is 2.71. The summed E-state index contributed by atoms with van der Waals surface area (Å²) in [6, 6.07) is 12.9. The van der Waals surface area contributed by atoms with Crippen LogP contribution in [0, 0.1) is 0 Å². The van der Waals surface area contributed by atoms with Crippen LogP contribution < -0.4 is 15.4 Å². The SMILES string of the molecule is COC(=O)c1cc(CNC(=O)C(C)NC(=O)c2ccccc2)ccc1OC. The molecule has 0 aliphatic carbocycles. The number of carbonyl (C=O) groups is 3. The molecule has 0 aliphatic heterocycles. The molecule has 7 nitrogen and oxygen atoms in total. The summed E-state index contributed by atoms with van der Waals surface area (Å²) in [5.41, 5.74) is 1.46. The Bertz CT molecular complexity index is 820. The molecule has 2 N–H and O–H groups in total. The minimum Gasteiger partial charge on any atom is -0.496 e. The fourth-order valence-corrected chi connectivity index (χ4v) is 2.41. The van der Waals surface area contributed by atoms with E-state index < -0.39 is 12.0 Å². The van der Waals surface area contributed by atoms with Crippen molar-refractivity contribution in [2.24, 2.45) is 0 Å². The van der Waals surface area contributed by atoms with Crippen LogP contribution in [0.2, 0.25) is 0 Å². The number of benzene rings is 2. The predicted molar refractivity (Wildman–Crippen MR) is 99.6 cm³/mol. The predicted octanol–water partition coefficient (Wildman–Crippen LogP) is 1.92. The van der Waals surface area contributed by atoms with Gasteiger partial charge in [-0.1, -0.05) is 24.3 Å². The quantitative estimate of drug-likeness (QED) is 0.726. The maximum absolute atomic E-state index is 12.2. The van der Waals surface area contributed by atoms with E-state index in [0.717, 1.165) is 0 Å². The molecule has 2 aromatic rings. The molecule has 0 aromatic heterocycles. The summed E-state index contributed by atoms with van der Waals surface area (Å²) in [5.74, 6) is -0.797. The van der Waals surface area contributed by atoms with Crippen LogP contribution in [-0.2, 0) is 16.1 Å². The number of methoxy groups -OCH3 is 2. The van der Waals surface area contributed by atoms with Gasteiger partial charge >= 0.3 is 5.97 Å². The zero-order valence-corrected chi connectivity index (χ0v) is 15.4. The second-order valence-corrected chi connectivity index (χ2v) is 5.81. The van der Waals surface area contributed by atoms with Gasteiger partial charge < -0.3 is 20.1 Å². The maximum atomic E-state index is 12.2. The van der Waals surface area contributed by atoms with Crippen LogP contribution in [0.15, 0.2) is 48.5 Å². The van der Waals surface area contributed by atoms with Crippen molar-refractivity contribution in [3.05, 3.63) is 65.2 Å². The molecule has 0 aliphatic rings. The first-order valence-electron chi connectivity index (χ1n) is 8.35. The van der Waals surface area contributed by atoms with Gasteiger partial charge in [-0.2, -0.15) is 0 Å². The number of nitrogens with one attached hydrogen (secondary N) is 2. The summed E-state index contributed by atoms with van der Waals surface area (Å²) in [5, 5.41) is 5.37. The third-order valence-corrected chi connectivity index (χ3v) is 3.91. The van der Waals surface area contributed by atoms with Crippen molar-refractivity contribution >= 4 is 17.8 Å². The van der Waals surface area contributed by atoms with Gasteiger partial charge in [-0.25, -0.2) is 4.79 Å². The molecular weight excluding hydrogens is 348 g/mol. The molecule has 1 atom stereocenters. The zero-order valence-electron chi connectivity index (χ0n) is 15.4. The van der Waals surface area contributed by atoms with Crippen LogP contribution in [0.4, 0.5) is 0 Å². The molecule has 7 heteroatoms. The first-order chi connectivity index (χ1) is 13.0. The van der Waals surface area contributed by atoms with E-state index in [1.54, 1.807) is 49.4 Å². The maximum Gasteiger partial charge on any atom is 0.341 e. The first-order valence-corrected chi connectivity index (χ1v) is 8.35. The van der Waals surface area contributed by atoms with Crippen molar-refractivity contribution < 1.29 is 23.9 Å². The highest BCUT2D eigenvalue weighted by Crippen LogP contribution is 2.20. The van der Waals surface area contributed by atoms with E-state index in [4.69, 9.17) is 9.47 Å². The number of rotatable bonds is 7. The molecule has 0 heterocycles. The Morgan fingerprint density at radius 3 is 2.37 bits per heavy atom. The molecule has 0 saturated carbocycles. The van der Waals surface area contributed by atoms with Crippen molar-refractivity contribution in [3.8, 4) is 5.75 Å². The van der Waals surface area contributed by atoms with Crippen LogP contribution >= 0.6 is 0 Å². The van der Waals surface area contributed by atoms with E-state index in [1.807, 2.05) is 6.07 Å². The lowest BCUT2D eigenvalue weighted by Crippen LogP contribution is -2.44. The Labute approximate surface area is 157 Å². The molecule has 1 unspecified atom stereocenters. The van der Waals surface area contributed by atoms with Gasteiger partial charge in [0.1, 0.15) is 17.4 Å². The normalized spacial score (nSPS) is 11.2. The molecule has 2 amide bonds. The van der Waals surface area contributed by atoms with Crippen LogP contribution in [0.5, 0.6) is 5.75 Å². The fraction of sp³-hybridized carbons (Fsp3) is 0.250. The molecule has 27 heavy (non-hydrogen) atoms. The Morgan fingerprint density at radius 2 is 1.74 bits per heavy atom. The molecule has 0 saturated heterocycles. The minimum absolute atomic E-state index is 0.193. The molecule has 142 valence electrons. The lowest BCUT2D eigenvalue weighted by molar-refractivity contribution is -0.122. The van der Waals surface area contributed by atoms with Crippen LogP contribution in [-0.4, -0.2) is 38.0 Å². The van der Waals surface area contributed by atoms with Crippen molar-refractivity contribution in [3.63, 3.8) is 0 Å². The summed E-state index contributed by atoms with van der Waals surface area (Å²) >= 11 is 0. The van der Waals surface area contributed by atoms with Crippen LogP contribution in [0.3, 0.4) is 0 Å². The topological polar surface area (TPSA) is 93.7 Å². The fourth-order valence-electron chi connectivity index (χ4n) is 2.41. The molecule has 0 bridgehead atoms. The second-order valence-electron chi connectivity index (χ2n) is 5.81. The number of carbonyl (C=O) groups excluding carboxylic acids is 3. The Morgan fingerprint density at radius 1 is 1.04 bits per heavy atom. The Kier molecular flexibility index (Phi) is 6.93. The third kappa shape index (κ3) is 5.31. The Hall–Kier alpha value is -3.35. The summed E-state index contributed by atoms with van der Waals surface area (Å²) in [7, 11) is 2.74. The number of esters is 1. The monoisotopic (exact) mass is 370 g/mol. The summed E-state index contributed by atoms with van der Waals surface area (Å²) in [6.45, 7) is 1.79. The third-order valence-electron chi connectivity index (χ3n) is 3.91. The summed E-state index contributed by atoms with van der Waals surface area (Å²) in [4.78, 5) is 36.2. The highest BCUT2D eigenvalue weighted by Gasteiger charge is 2.17. The van der Waals surface area contributed by atoms with E-state index >= 15 is 0 Å². The number of ether oxygens (including phenoxy) is 2. The van der Waals surface area contributed by atoms with Crippen molar-refractivity contribution in [1.82, 2.24) is 10.6 Å². The molecule has 0 spiro atoms. The van der Waals surface area contributed by atoms with Gasteiger partial charge in [0, 0.05) is 12.1 Å². The second kappa shape index (κ2) is 9.38. The molecular formula is C20H22N2O5. The van der Waals surface area contributed by atoms with Gasteiger partial charge in [0.25, 0.3) is 5.91 Å². The smallest absolute Gasteiger partial charge is 0.341 e. The van der Waals surface area contributed by atoms with Crippen molar-refractivity contribution in [1.29, 1.82) is 0 Å². The number of hydrogen-bond acceptors (Lipinski definition) is 5. The first kappa shape index (κ1) is 20.0. The lowest BCUT2D eigenvalue weighted by Gasteiger charge is -2.15. The number of hydrogen-bond donors (Lipinski definition) is 2. The van der Waals surface area contributed by atoms with Crippen LogP contribution in [0.1, 0.15) is 33.2 Å². The van der Waals surface area contributed by atoms with Gasteiger partial charge in [-0.05, 0) is 36.8 Å². The standard InChI is InChI=1S/C20H22N2O5/c1-13(22-19(24)15-7-5-4-6-8-15)18(23)21-12-14-9-10-17(26-2)16(11-14)20(25)27-3/h4-11,13H,12H2,1-3H3,(H,21,23)(H,22,24). The van der Waals surface area contributed by atoms with E-state index in [2.05, 4.69) is 10.6 Å². The van der Waals surface area contributed by atoms with Crippen molar-refractivity contribution in [2.75, 3.05) is 14.2 Å². The molecule has 0 fully saturated rings. The van der Waals surface area contributed by atoms with E-state index in [1.165, 1.54) is 14.2 Å². The lowest BCUT2D eigenvalue weighted by atomic mass is 10.1. The summed E-state index contributed by atoms with van der Waals surface area (Å²) < 4.78 is 9.87. The van der Waals surface area contributed by atoms with Gasteiger partial charge in [-0.3, -0.25) is 9.59 Å². The Balaban J connectivity index is 1.96. The van der Waals surface area contributed by atoms with Crippen LogP contribution in [0.25, 0.3) is 0 Å². The van der Waals surface area contributed by atoms with Gasteiger partial charge in [0.2, 0.25) is 5.91 Å². The highest BCUT2D eigenvalue weighted by molar-refractivity contribution is 5.97. The van der Waals surface area contributed by atoms with Gasteiger partial charge in [0.15, 0.2) is 0 Å². The largest absolute Gasteiger partial charge is 0.496 e. The highest BCUT2D eigenvalue weighted by atomic mass is 16.5. The van der Waals surface area contributed by atoms with E-state index in [0.29, 0.717) is 16.9 Å². The molecule has 2 rings (SSSR count). The zero-order chi connectivity index (χ0) is 19.8. The van der Waals surface area contributed by atoms with Gasteiger partial charge in [-0.15, -0.1) is 0 Å². The van der Waals surface area contributed by atoms with E-state index in [9.17, 15) is 14.4 Å². The van der Waals surface area contributed by atoms with E-state index in [-0.39, 0.29) is 23.9 Å². The molecule has 2 aromatic carbocycles.